The highest BCUT2D eigenvalue weighted by Crippen LogP contribution is 2.45. The van der Waals surface area contributed by atoms with Gasteiger partial charge >= 0.3 is 12.0 Å². The van der Waals surface area contributed by atoms with Crippen molar-refractivity contribution in [3.63, 3.8) is 0 Å². The van der Waals surface area contributed by atoms with Crippen LogP contribution in [0.1, 0.15) is 24.9 Å². The number of carbonyl (C=O) groups excluding carboxylic acids is 2. The number of likely N-dealkylation sites (N-methyl/N-ethyl adjacent to an activating group) is 1. The van der Waals surface area contributed by atoms with Crippen LogP contribution in [0, 0.1) is 5.92 Å². The number of rotatable bonds is 6. The van der Waals surface area contributed by atoms with Crippen molar-refractivity contribution >= 4 is 17.9 Å². The minimum atomic E-state index is -1.11. The van der Waals surface area contributed by atoms with E-state index in [1.165, 1.54) is 0 Å². The number of nitrogens with zero attached hydrogens (tertiary/aromatic N) is 2. The Bertz CT molecular complexity index is 726. The number of hydrogen-bond donors (Lipinski definition) is 3. The molecule has 3 atom stereocenters. The maximum absolute atomic E-state index is 12.9. The molecule has 0 bridgehead atoms. The van der Waals surface area contributed by atoms with Gasteiger partial charge < -0.3 is 20.6 Å². The summed E-state index contributed by atoms with van der Waals surface area (Å²) in [6.45, 7) is 3.69. The summed E-state index contributed by atoms with van der Waals surface area (Å²) in [5, 5.41) is 15.3. The minimum Gasteiger partial charge on any atom is -0.480 e. The Hall–Kier alpha value is -2.61. The third kappa shape index (κ3) is 3.62. The molecule has 27 heavy (non-hydrogen) atoms. The van der Waals surface area contributed by atoms with E-state index in [0.717, 1.165) is 5.56 Å². The Labute approximate surface area is 158 Å². The Morgan fingerprint density at radius 3 is 2.63 bits per heavy atom. The number of benzene rings is 1. The molecule has 0 aliphatic carbocycles. The highest BCUT2D eigenvalue weighted by Gasteiger charge is 2.54. The van der Waals surface area contributed by atoms with Crippen molar-refractivity contribution < 1.29 is 19.5 Å². The lowest BCUT2D eigenvalue weighted by Crippen LogP contribution is -2.46. The summed E-state index contributed by atoms with van der Waals surface area (Å²) in [5.74, 6) is -1.60. The number of hydrogen-bond acceptors (Lipinski definition) is 4. The number of likely N-dealkylation sites (tertiary alicyclic amines) is 1. The standard InChI is InChI=1S/C19H26N4O4/c1-19(17(25)26)12-14(15(22(19)2)13-6-4-3-5-7-13)16(24)20-8-10-23-11-9-21-18(23)27/h3-7,14-15H,8-12H2,1-2H3,(H,20,24)(H,21,27)(H,25,26)/t14-,15-,19-/m0/s1. The van der Waals surface area contributed by atoms with Gasteiger partial charge in [-0.25, -0.2) is 4.79 Å². The molecule has 0 radical (unpaired) electrons. The van der Waals surface area contributed by atoms with Gasteiger partial charge in [0, 0.05) is 32.2 Å². The molecular formula is C19H26N4O4. The molecule has 2 heterocycles. The minimum absolute atomic E-state index is 0.120. The Morgan fingerprint density at radius 1 is 1.33 bits per heavy atom. The van der Waals surface area contributed by atoms with E-state index in [1.807, 2.05) is 30.3 Å². The van der Waals surface area contributed by atoms with E-state index >= 15 is 0 Å². The molecule has 0 unspecified atom stereocenters. The lowest BCUT2D eigenvalue weighted by atomic mass is 9.89. The second-order valence-corrected chi connectivity index (χ2v) is 7.37. The van der Waals surface area contributed by atoms with E-state index in [2.05, 4.69) is 10.6 Å². The van der Waals surface area contributed by atoms with Crippen LogP contribution in [-0.4, -0.2) is 71.6 Å². The fourth-order valence-electron chi connectivity index (χ4n) is 4.01. The highest BCUT2D eigenvalue weighted by atomic mass is 16.4. The predicted octanol–water partition coefficient (Wildman–Crippen LogP) is 0.664. The van der Waals surface area contributed by atoms with Gasteiger partial charge in [0.1, 0.15) is 5.54 Å². The monoisotopic (exact) mass is 374 g/mol. The van der Waals surface area contributed by atoms with Gasteiger partial charge in [0.2, 0.25) is 5.91 Å². The first-order valence-electron chi connectivity index (χ1n) is 9.16. The molecule has 2 fully saturated rings. The van der Waals surface area contributed by atoms with Gasteiger partial charge in [0.25, 0.3) is 0 Å². The van der Waals surface area contributed by atoms with Gasteiger partial charge in [-0.2, -0.15) is 0 Å². The van der Waals surface area contributed by atoms with Gasteiger partial charge in [-0.1, -0.05) is 30.3 Å². The summed E-state index contributed by atoms with van der Waals surface area (Å²) in [7, 11) is 1.76. The van der Waals surface area contributed by atoms with Gasteiger partial charge in [-0.05, 0) is 26.0 Å². The van der Waals surface area contributed by atoms with Gasteiger partial charge in [-0.15, -0.1) is 0 Å². The van der Waals surface area contributed by atoms with Crippen LogP contribution in [0.25, 0.3) is 0 Å². The number of carboxylic acid groups (broad SMARTS) is 1. The topological polar surface area (TPSA) is 102 Å². The molecule has 3 rings (SSSR count). The van der Waals surface area contributed by atoms with Gasteiger partial charge in [0.05, 0.1) is 5.92 Å². The van der Waals surface area contributed by atoms with Crippen molar-refractivity contribution in [1.29, 1.82) is 0 Å². The molecule has 2 aliphatic heterocycles. The summed E-state index contributed by atoms with van der Waals surface area (Å²) in [6.07, 6.45) is 0.231. The zero-order chi connectivity index (χ0) is 19.6. The molecule has 146 valence electrons. The molecular weight excluding hydrogens is 348 g/mol. The number of carbonyl (C=O) groups is 3. The van der Waals surface area contributed by atoms with Gasteiger partial charge in [-0.3, -0.25) is 14.5 Å². The zero-order valence-electron chi connectivity index (χ0n) is 15.6. The number of carboxylic acids is 1. The number of aliphatic carboxylic acids is 1. The van der Waals surface area contributed by atoms with Crippen molar-refractivity contribution in [2.24, 2.45) is 5.92 Å². The molecule has 8 heteroatoms. The van der Waals surface area contributed by atoms with Crippen LogP contribution in [0.2, 0.25) is 0 Å². The van der Waals surface area contributed by atoms with Crippen LogP contribution in [0.3, 0.4) is 0 Å². The molecule has 8 nitrogen and oxygen atoms in total. The quantitative estimate of drug-likeness (QED) is 0.679. The summed E-state index contributed by atoms with van der Waals surface area (Å²) in [6, 6.07) is 9.08. The van der Waals surface area contributed by atoms with Crippen molar-refractivity contribution in [3.05, 3.63) is 35.9 Å². The van der Waals surface area contributed by atoms with E-state index in [0.29, 0.717) is 26.2 Å². The van der Waals surface area contributed by atoms with Crippen LogP contribution in [0.5, 0.6) is 0 Å². The van der Waals surface area contributed by atoms with Gasteiger partial charge in [0.15, 0.2) is 0 Å². The van der Waals surface area contributed by atoms with Crippen LogP contribution < -0.4 is 10.6 Å². The van der Waals surface area contributed by atoms with Crippen molar-refractivity contribution in [2.45, 2.75) is 24.9 Å². The fraction of sp³-hybridized carbons (Fsp3) is 0.526. The molecule has 2 aliphatic rings. The molecule has 1 aromatic rings. The summed E-state index contributed by atoms with van der Waals surface area (Å²) < 4.78 is 0. The van der Waals surface area contributed by atoms with E-state index in [9.17, 15) is 19.5 Å². The summed E-state index contributed by atoms with van der Waals surface area (Å²) in [4.78, 5) is 39.8. The molecule has 1 aromatic carbocycles. The van der Waals surface area contributed by atoms with Crippen molar-refractivity contribution in [3.8, 4) is 0 Å². The fourth-order valence-corrected chi connectivity index (χ4v) is 4.01. The molecule has 3 amide bonds. The second-order valence-electron chi connectivity index (χ2n) is 7.37. The summed E-state index contributed by atoms with van der Waals surface area (Å²) >= 11 is 0. The number of urea groups is 1. The maximum atomic E-state index is 12.9. The third-order valence-corrected chi connectivity index (χ3v) is 5.76. The zero-order valence-corrected chi connectivity index (χ0v) is 15.6. The molecule has 0 spiro atoms. The first-order valence-corrected chi connectivity index (χ1v) is 9.16. The van der Waals surface area contributed by atoms with Crippen LogP contribution in [0.15, 0.2) is 30.3 Å². The van der Waals surface area contributed by atoms with E-state index in [-0.39, 0.29) is 24.4 Å². The number of amides is 3. The van der Waals surface area contributed by atoms with Crippen molar-refractivity contribution in [1.82, 2.24) is 20.4 Å². The van der Waals surface area contributed by atoms with Crippen LogP contribution >= 0.6 is 0 Å². The molecule has 3 N–H and O–H groups in total. The average Bonchev–Trinajstić information content (AvgIpc) is 3.18. The Kier molecular flexibility index (Phi) is 5.36. The van der Waals surface area contributed by atoms with Crippen LogP contribution in [0.4, 0.5) is 4.79 Å². The highest BCUT2D eigenvalue weighted by molar-refractivity contribution is 5.85. The van der Waals surface area contributed by atoms with Crippen molar-refractivity contribution in [2.75, 3.05) is 33.2 Å². The maximum Gasteiger partial charge on any atom is 0.323 e. The first-order chi connectivity index (χ1) is 12.8. The lowest BCUT2D eigenvalue weighted by Gasteiger charge is -2.32. The molecule has 0 saturated carbocycles. The predicted molar refractivity (Wildman–Crippen MR) is 99.1 cm³/mol. The summed E-state index contributed by atoms with van der Waals surface area (Å²) in [5.41, 5.74) is -0.193. The van der Waals surface area contributed by atoms with E-state index in [1.54, 1.807) is 23.8 Å². The normalized spacial score (nSPS) is 28.2. The SMILES string of the molecule is CN1[C@@H](c2ccccc2)[C@@H](C(=O)NCCN2CCNC2=O)C[C@@]1(C)C(=O)O. The second kappa shape index (κ2) is 7.56. The Morgan fingerprint density at radius 2 is 2.04 bits per heavy atom. The number of nitrogens with one attached hydrogen (secondary N) is 2. The average molecular weight is 374 g/mol. The van der Waals surface area contributed by atoms with E-state index in [4.69, 9.17) is 0 Å². The molecule has 0 aromatic heterocycles. The largest absolute Gasteiger partial charge is 0.480 e. The first kappa shape index (κ1) is 19.2. The van der Waals surface area contributed by atoms with E-state index < -0.39 is 17.4 Å². The smallest absolute Gasteiger partial charge is 0.323 e. The Balaban J connectivity index is 1.73. The third-order valence-electron chi connectivity index (χ3n) is 5.76. The van der Waals surface area contributed by atoms with Crippen LogP contribution in [-0.2, 0) is 9.59 Å². The lowest BCUT2D eigenvalue weighted by molar-refractivity contribution is -0.148. The molecule has 2 saturated heterocycles.